The van der Waals surface area contributed by atoms with E-state index in [1.807, 2.05) is 42.5 Å². The molecule has 0 saturated carbocycles. The largest absolute Gasteiger partial charge is 0.493 e. The third kappa shape index (κ3) is 6.50. The SMILES string of the molecule is COc1ccccc1OCC(=O)N/N=C/c1ccc(OCc2ccccc2)c(OC)c1. The summed E-state index contributed by atoms with van der Waals surface area (Å²) in [6, 6.07) is 22.4. The van der Waals surface area contributed by atoms with Gasteiger partial charge in [-0.3, -0.25) is 4.79 Å². The van der Waals surface area contributed by atoms with Gasteiger partial charge in [0, 0.05) is 0 Å². The molecular weight excluding hydrogens is 396 g/mol. The van der Waals surface area contributed by atoms with Gasteiger partial charge < -0.3 is 18.9 Å². The van der Waals surface area contributed by atoms with Crippen molar-refractivity contribution in [2.24, 2.45) is 5.10 Å². The predicted molar refractivity (Wildman–Crippen MR) is 118 cm³/mol. The molecule has 0 spiro atoms. The van der Waals surface area contributed by atoms with Crippen molar-refractivity contribution in [3.8, 4) is 23.0 Å². The van der Waals surface area contributed by atoms with Crippen molar-refractivity contribution in [1.29, 1.82) is 0 Å². The van der Waals surface area contributed by atoms with E-state index >= 15 is 0 Å². The van der Waals surface area contributed by atoms with Crippen LogP contribution in [0.25, 0.3) is 0 Å². The lowest BCUT2D eigenvalue weighted by Crippen LogP contribution is -2.24. The van der Waals surface area contributed by atoms with Crippen LogP contribution in [0.4, 0.5) is 0 Å². The Labute approximate surface area is 181 Å². The molecule has 0 atom stereocenters. The van der Waals surface area contributed by atoms with Gasteiger partial charge in [-0.1, -0.05) is 42.5 Å². The average Bonchev–Trinajstić information content (AvgIpc) is 2.82. The Morgan fingerprint density at radius 3 is 2.26 bits per heavy atom. The Kier molecular flexibility index (Phi) is 7.88. The zero-order valence-corrected chi connectivity index (χ0v) is 17.4. The maximum absolute atomic E-state index is 12.0. The van der Waals surface area contributed by atoms with E-state index in [4.69, 9.17) is 18.9 Å². The van der Waals surface area contributed by atoms with E-state index in [1.54, 1.807) is 44.6 Å². The minimum Gasteiger partial charge on any atom is -0.493 e. The fourth-order valence-electron chi connectivity index (χ4n) is 2.71. The lowest BCUT2D eigenvalue weighted by Gasteiger charge is -2.11. The number of methoxy groups -OCH3 is 2. The van der Waals surface area contributed by atoms with Gasteiger partial charge in [0.05, 0.1) is 20.4 Å². The second-order valence-electron chi connectivity index (χ2n) is 6.42. The van der Waals surface area contributed by atoms with Crippen LogP contribution in [0.2, 0.25) is 0 Å². The van der Waals surface area contributed by atoms with E-state index in [-0.39, 0.29) is 6.61 Å². The number of amides is 1. The van der Waals surface area contributed by atoms with Crippen LogP contribution in [0.15, 0.2) is 77.9 Å². The molecular formula is C24H24N2O5. The molecule has 0 bridgehead atoms. The highest BCUT2D eigenvalue weighted by Gasteiger charge is 2.07. The maximum atomic E-state index is 12.0. The van der Waals surface area contributed by atoms with Gasteiger partial charge in [0.2, 0.25) is 0 Å². The van der Waals surface area contributed by atoms with E-state index in [2.05, 4.69) is 10.5 Å². The first-order valence-electron chi connectivity index (χ1n) is 9.62. The quantitative estimate of drug-likeness (QED) is 0.399. The number of hydrogen-bond acceptors (Lipinski definition) is 6. The van der Waals surface area contributed by atoms with Gasteiger partial charge in [0.25, 0.3) is 5.91 Å². The zero-order valence-electron chi connectivity index (χ0n) is 17.4. The Bertz CT molecular complexity index is 1020. The van der Waals surface area contributed by atoms with E-state index in [0.29, 0.717) is 29.6 Å². The zero-order chi connectivity index (χ0) is 21.9. The second kappa shape index (κ2) is 11.3. The van der Waals surface area contributed by atoms with Crippen molar-refractivity contribution in [2.45, 2.75) is 6.61 Å². The van der Waals surface area contributed by atoms with E-state index in [9.17, 15) is 4.79 Å². The molecule has 160 valence electrons. The molecule has 0 aliphatic rings. The number of benzene rings is 3. The Balaban J connectivity index is 1.52. The van der Waals surface area contributed by atoms with Gasteiger partial charge in [-0.05, 0) is 41.5 Å². The molecule has 0 radical (unpaired) electrons. The van der Waals surface area contributed by atoms with Gasteiger partial charge in [0.15, 0.2) is 29.6 Å². The fraction of sp³-hybridized carbons (Fsp3) is 0.167. The molecule has 3 rings (SSSR count). The molecule has 7 heteroatoms. The molecule has 3 aromatic rings. The fourth-order valence-corrected chi connectivity index (χ4v) is 2.71. The smallest absolute Gasteiger partial charge is 0.277 e. The van der Waals surface area contributed by atoms with Crippen molar-refractivity contribution < 1.29 is 23.7 Å². The van der Waals surface area contributed by atoms with Crippen LogP contribution < -0.4 is 24.4 Å². The molecule has 0 heterocycles. The third-order valence-corrected chi connectivity index (χ3v) is 4.26. The monoisotopic (exact) mass is 420 g/mol. The first kappa shape index (κ1) is 21.7. The van der Waals surface area contributed by atoms with Gasteiger partial charge in [0.1, 0.15) is 6.61 Å². The van der Waals surface area contributed by atoms with E-state index in [1.165, 1.54) is 6.21 Å². The first-order valence-corrected chi connectivity index (χ1v) is 9.62. The summed E-state index contributed by atoms with van der Waals surface area (Å²) in [6.45, 7) is 0.250. The van der Waals surface area contributed by atoms with E-state index in [0.717, 1.165) is 11.1 Å². The molecule has 3 aromatic carbocycles. The summed E-state index contributed by atoms with van der Waals surface area (Å²) in [7, 11) is 3.11. The summed E-state index contributed by atoms with van der Waals surface area (Å²) in [4.78, 5) is 12.0. The standard InChI is InChI=1S/C24H24N2O5/c1-28-20-10-6-7-11-21(20)31-17-24(27)26-25-15-19-12-13-22(23(14-19)29-2)30-16-18-8-4-3-5-9-18/h3-15H,16-17H2,1-2H3,(H,26,27)/b25-15+. The number of hydrazone groups is 1. The number of nitrogens with one attached hydrogen (secondary N) is 1. The molecule has 0 aliphatic heterocycles. The normalized spacial score (nSPS) is 10.5. The summed E-state index contributed by atoms with van der Waals surface area (Å²) in [6.07, 6.45) is 1.52. The molecule has 0 fully saturated rings. The maximum Gasteiger partial charge on any atom is 0.277 e. The predicted octanol–water partition coefficient (Wildman–Crippen LogP) is 3.81. The molecule has 31 heavy (non-hydrogen) atoms. The summed E-state index contributed by atoms with van der Waals surface area (Å²) in [5.41, 5.74) is 4.24. The van der Waals surface area contributed by atoms with Crippen molar-refractivity contribution in [3.05, 3.63) is 83.9 Å². The van der Waals surface area contributed by atoms with Crippen LogP contribution in [0.3, 0.4) is 0 Å². The Morgan fingerprint density at radius 2 is 1.52 bits per heavy atom. The highest BCUT2D eigenvalue weighted by molar-refractivity contribution is 5.83. The Morgan fingerprint density at radius 1 is 0.839 bits per heavy atom. The summed E-state index contributed by atoms with van der Waals surface area (Å²) in [5, 5.41) is 3.96. The van der Waals surface area contributed by atoms with Gasteiger partial charge in [-0.2, -0.15) is 5.10 Å². The molecule has 0 aliphatic carbocycles. The summed E-state index contributed by atoms with van der Waals surface area (Å²) >= 11 is 0. The van der Waals surface area contributed by atoms with Crippen LogP contribution in [0.5, 0.6) is 23.0 Å². The minimum absolute atomic E-state index is 0.187. The number of nitrogens with zero attached hydrogens (tertiary/aromatic N) is 1. The van der Waals surface area contributed by atoms with Crippen molar-refractivity contribution in [1.82, 2.24) is 5.43 Å². The number of carbonyl (C=O) groups is 1. The number of carbonyl (C=O) groups excluding carboxylic acids is 1. The lowest BCUT2D eigenvalue weighted by molar-refractivity contribution is -0.123. The van der Waals surface area contributed by atoms with Crippen LogP contribution in [0.1, 0.15) is 11.1 Å². The van der Waals surface area contributed by atoms with E-state index < -0.39 is 5.91 Å². The molecule has 1 amide bonds. The van der Waals surface area contributed by atoms with Crippen LogP contribution in [0, 0.1) is 0 Å². The second-order valence-corrected chi connectivity index (χ2v) is 6.42. The number of hydrogen-bond donors (Lipinski definition) is 1. The first-order chi connectivity index (χ1) is 15.2. The topological polar surface area (TPSA) is 78.4 Å². The van der Waals surface area contributed by atoms with Gasteiger partial charge in [-0.15, -0.1) is 0 Å². The number of para-hydroxylation sites is 2. The van der Waals surface area contributed by atoms with Gasteiger partial charge in [-0.25, -0.2) is 5.43 Å². The highest BCUT2D eigenvalue weighted by atomic mass is 16.5. The number of rotatable bonds is 10. The molecule has 7 nitrogen and oxygen atoms in total. The van der Waals surface area contributed by atoms with Crippen LogP contribution in [-0.4, -0.2) is 32.9 Å². The van der Waals surface area contributed by atoms with Crippen molar-refractivity contribution >= 4 is 12.1 Å². The summed E-state index contributed by atoms with van der Waals surface area (Å²) in [5.74, 6) is 1.85. The highest BCUT2D eigenvalue weighted by Crippen LogP contribution is 2.28. The van der Waals surface area contributed by atoms with Crippen molar-refractivity contribution in [2.75, 3.05) is 20.8 Å². The molecule has 0 saturated heterocycles. The molecule has 1 N–H and O–H groups in total. The van der Waals surface area contributed by atoms with Gasteiger partial charge >= 0.3 is 0 Å². The van der Waals surface area contributed by atoms with Crippen molar-refractivity contribution in [3.63, 3.8) is 0 Å². The molecule has 0 aromatic heterocycles. The van der Waals surface area contributed by atoms with Crippen LogP contribution >= 0.6 is 0 Å². The number of ether oxygens (including phenoxy) is 4. The summed E-state index contributed by atoms with van der Waals surface area (Å²) < 4.78 is 21.9. The average molecular weight is 420 g/mol. The Hall–Kier alpha value is -4.00. The lowest BCUT2D eigenvalue weighted by atomic mass is 10.2. The van der Waals surface area contributed by atoms with Crippen LogP contribution in [-0.2, 0) is 11.4 Å². The minimum atomic E-state index is -0.392. The molecule has 0 unspecified atom stereocenters. The third-order valence-electron chi connectivity index (χ3n) is 4.26.